The first-order chi connectivity index (χ1) is 20.5. The van der Waals surface area contributed by atoms with Crippen molar-refractivity contribution in [2.24, 2.45) is 0 Å². The Morgan fingerprint density at radius 3 is 0.581 bits per heavy atom. The van der Waals surface area contributed by atoms with Crippen molar-refractivity contribution in [3.8, 4) is 0 Å². The summed E-state index contributed by atoms with van der Waals surface area (Å²) >= 11 is 0. The summed E-state index contributed by atoms with van der Waals surface area (Å²) in [6, 6.07) is 0. The Balaban J connectivity index is -0.000000727. The second-order valence-corrected chi connectivity index (χ2v) is 15.3. The minimum absolute atomic E-state index is 0. The zero-order valence-corrected chi connectivity index (χ0v) is 32.1. The Morgan fingerprint density at radius 2 is 0.442 bits per heavy atom. The van der Waals surface area contributed by atoms with Crippen molar-refractivity contribution < 1.29 is 36.0 Å². The standard InChI is InChI=1S/2C18H39O2P.Fe/c2*1-2-3-4-5-6-7-8-9-10-11-12-13-14-15-16-17-18-21(19)20;/h2*21H,2-18H2,1H3,(H,19,20);/q;;+2/p-2. The normalized spacial score (nSPS) is 12.4. The van der Waals surface area contributed by atoms with E-state index in [0.717, 1.165) is 25.7 Å². The molecule has 2 atom stereocenters. The molecule has 0 aromatic carbocycles. The van der Waals surface area contributed by atoms with Crippen molar-refractivity contribution in [2.45, 2.75) is 219 Å². The van der Waals surface area contributed by atoms with Gasteiger partial charge in [-0.25, -0.2) is 0 Å². The van der Waals surface area contributed by atoms with Crippen LogP contribution in [0, 0.1) is 0 Å². The molecule has 0 spiro atoms. The molecule has 0 fully saturated rings. The van der Waals surface area contributed by atoms with Gasteiger partial charge in [-0.2, -0.15) is 0 Å². The van der Waals surface area contributed by atoms with Crippen LogP contribution in [0.3, 0.4) is 0 Å². The Hall–Kier alpha value is 0.899. The molecule has 0 saturated carbocycles. The van der Waals surface area contributed by atoms with Crippen LogP contribution in [0.4, 0.5) is 0 Å². The SMILES string of the molecule is CCCCCCCCCCCCCCCCCC[PH](=O)[O-].CCCCCCCCCCCCCCCCCC[PH](=O)[O-].[Fe+2]. The van der Waals surface area contributed by atoms with Crippen molar-refractivity contribution in [3.05, 3.63) is 0 Å². The molecule has 0 aliphatic rings. The van der Waals surface area contributed by atoms with E-state index in [1.165, 1.54) is 180 Å². The average Bonchev–Trinajstić information content (AvgIpc) is 2.97. The molecule has 0 heterocycles. The first-order valence-electron chi connectivity index (χ1n) is 18.9. The zero-order chi connectivity index (χ0) is 31.2. The first kappa shape index (κ1) is 48.3. The monoisotopic (exact) mass is 690 g/mol. The fourth-order valence-corrected chi connectivity index (χ4v) is 6.71. The number of hydrogen-bond acceptors (Lipinski definition) is 4. The van der Waals surface area contributed by atoms with Crippen LogP contribution in [0.25, 0.3) is 0 Å². The van der Waals surface area contributed by atoms with E-state index in [1.54, 1.807) is 0 Å². The van der Waals surface area contributed by atoms with Crippen LogP contribution in [-0.4, -0.2) is 12.3 Å². The molecule has 0 aliphatic heterocycles. The molecule has 2 unspecified atom stereocenters. The van der Waals surface area contributed by atoms with Gasteiger partial charge >= 0.3 is 17.1 Å². The van der Waals surface area contributed by atoms with E-state index in [4.69, 9.17) is 0 Å². The van der Waals surface area contributed by atoms with E-state index in [2.05, 4.69) is 13.8 Å². The van der Waals surface area contributed by atoms with Gasteiger partial charge in [0.05, 0.1) is 0 Å². The summed E-state index contributed by atoms with van der Waals surface area (Å²) in [6.45, 7) is 4.55. The largest absolute Gasteiger partial charge is 2.00 e. The molecule has 43 heavy (non-hydrogen) atoms. The maximum absolute atomic E-state index is 10.4. The molecule has 4 nitrogen and oxygen atoms in total. The minimum atomic E-state index is -2.45. The Morgan fingerprint density at radius 1 is 0.302 bits per heavy atom. The van der Waals surface area contributed by atoms with E-state index >= 15 is 0 Å². The maximum atomic E-state index is 10.4. The molecular weight excluding hydrogens is 614 g/mol. The maximum Gasteiger partial charge on any atom is 2.00 e. The minimum Gasteiger partial charge on any atom is -0.802 e. The molecule has 0 rings (SSSR count). The van der Waals surface area contributed by atoms with E-state index in [1.807, 2.05) is 0 Å². The van der Waals surface area contributed by atoms with Gasteiger partial charge < -0.3 is 18.9 Å². The van der Waals surface area contributed by atoms with Crippen LogP contribution in [0.2, 0.25) is 0 Å². The predicted octanol–water partition coefficient (Wildman–Crippen LogP) is 12.2. The van der Waals surface area contributed by atoms with E-state index in [0.29, 0.717) is 12.3 Å². The third-order valence-electron chi connectivity index (χ3n) is 8.47. The van der Waals surface area contributed by atoms with Gasteiger partial charge in [0.2, 0.25) is 0 Å². The molecule has 0 aromatic heterocycles. The van der Waals surface area contributed by atoms with Gasteiger partial charge in [-0.05, 0) is 25.2 Å². The Bertz CT molecular complexity index is 491. The summed E-state index contributed by atoms with van der Waals surface area (Å²) in [5, 5.41) is 0. The number of unbranched alkanes of at least 4 members (excludes halogenated alkanes) is 30. The average molecular weight is 691 g/mol. The fourth-order valence-electron chi connectivity index (χ4n) is 5.63. The smallest absolute Gasteiger partial charge is 0.802 e. The van der Waals surface area contributed by atoms with Gasteiger partial charge in [-0.1, -0.05) is 206 Å². The van der Waals surface area contributed by atoms with Crippen LogP contribution in [0.1, 0.15) is 219 Å². The topological polar surface area (TPSA) is 80.3 Å². The summed E-state index contributed by atoms with van der Waals surface area (Å²) in [7, 11) is -4.91. The van der Waals surface area contributed by atoms with Crippen LogP contribution in [0.5, 0.6) is 0 Å². The van der Waals surface area contributed by atoms with Crippen molar-refractivity contribution >= 4 is 16.1 Å². The molecule has 0 aliphatic carbocycles. The fraction of sp³-hybridized carbons (Fsp3) is 1.00. The second kappa shape index (κ2) is 45.0. The summed E-state index contributed by atoms with van der Waals surface area (Å²) in [5.74, 6) is 0. The van der Waals surface area contributed by atoms with Gasteiger partial charge in [0, 0.05) is 16.1 Å². The van der Waals surface area contributed by atoms with Crippen LogP contribution >= 0.6 is 16.1 Å². The second-order valence-electron chi connectivity index (χ2n) is 12.9. The molecule has 0 saturated heterocycles. The van der Waals surface area contributed by atoms with Crippen LogP contribution < -0.4 is 9.79 Å². The number of hydrogen-bond donors (Lipinski definition) is 0. The molecule has 0 N–H and O–H groups in total. The van der Waals surface area contributed by atoms with Crippen LogP contribution in [0.15, 0.2) is 0 Å². The van der Waals surface area contributed by atoms with Gasteiger partial charge in [-0.15, -0.1) is 0 Å². The van der Waals surface area contributed by atoms with Gasteiger partial charge in [-0.3, -0.25) is 0 Å². The predicted molar refractivity (Wildman–Crippen MR) is 187 cm³/mol. The Kier molecular flexibility index (Phi) is 50.6. The molecule has 0 amide bonds. The van der Waals surface area contributed by atoms with Gasteiger partial charge in [0.1, 0.15) is 0 Å². The summed E-state index contributed by atoms with van der Waals surface area (Å²) < 4.78 is 20.8. The molecule has 0 radical (unpaired) electrons. The number of rotatable bonds is 34. The third-order valence-corrected chi connectivity index (χ3v) is 9.99. The Labute approximate surface area is 282 Å². The quantitative estimate of drug-likeness (QED) is 0.0382. The summed E-state index contributed by atoms with van der Waals surface area (Å²) in [6.07, 6.45) is 43.5. The summed E-state index contributed by atoms with van der Waals surface area (Å²) in [4.78, 5) is 20.8. The van der Waals surface area contributed by atoms with Crippen LogP contribution in [-0.2, 0) is 26.2 Å². The summed E-state index contributed by atoms with van der Waals surface area (Å²) in [5.41, 5.74) is 0. The molecule has 262 valence electrons. The molecular formula is C36H76FeO4P2. The van der Waals surface area contributed by atoms with Gasteiger partial charge in [0.25, 0.3) is 0 Å². The molecule has 7 heteroatoms. The van der Waals surface area contributed by atoms with Crippen molar-refractivity contribution in [1.82, 2.24) is 0 Å². The zero-order valence-electron chi connectivity index (χ0n) is 29.0. The van der Waals surface area contributed by atoms with Gasteiger partial charge in [0.15, 0.2) is 0 Å². The molecule has 0 bridgehead atoms. The first-order valence-corrected chi connectivity index (χ1v) is 22.0. The van der Waals surface area contributed by atoms with E-state index in [9.17, 15) is 18.9 Å². The third kappa shape index (κ3) is 52.7. The van der Waals surface area contributed by atoms with E-state index < -0.39 is 16.1 Å². The van der Waals surface area contributed by atoms with Crippen molar-refractivity contribution in [3.63, 3.8) is 0 Å². The van der Waals surface area contributed by atoms with E-state index in [-0.39, 0.29) is 17.1 Å². The van der Waals surface area contributed by atoms with Crippen molar-refractivity contribution in [2.75, 3.05) is 12.3 Å². The van der Waals surface area contributed by atoms with Crippen molar-refractivity contribution in [1.29, 1.82) is 0 Å². The molecule has 0 aromatic rings.